The van der Waals surface area contributed by atoms with Gasteiger partial charge in [-0.25, -0.2) is 0 Å². The highest BCUT2D eigenvalue weighted by atomic mass is 16.6. The van der Waals surface area contributed by atoms with Crippen molar-refractivity contribution in [1.29, 1.82) is 0 Å². The zero-order valence-corrected chi connectivity index (χ0v) is 21.8. The third-order valence-electron chi connectivity index (χ3n) is 5.28. The first-order chi connectivity index (χ1) is 15.7. The summed E-state index contributed by atoms with van der Waals surface area (Å²) in [4.78, 5) is 46.1. The van der Waals surface area contributed by atoms with Crippen molar-refractivity contribution >= 4 is 23.9 Å². The van der Waals surface area contributed by atoms with Crippen LogP contribution >= 0.6 is 0 Å². The van der Waals surface area contributed by atoms with Crippen LogP contribution < -0.4 is 10.6 Å². The van der Waals surface area contributed by atoms with E-state index in [2.05, 4.69) is 20.1 Å². The van der Waals surface area contributed by atoms with Gasteiger partial charge in [-0.1, -0.05) is 0 Å². The van der Waals surface area contributed by atoms with Gasteiger partial charge in [-0.2, -0.15) is 0 Å². The third kappa shape index (κ3) is 10.8. The maximum Gasteiger partial charge on any atom is 0.322 e. The minimum atomic E-state index is -0.462. The standard InChI is InChI=1S/2C12H21NO4/c2*1-12(2,3)17-10(14)8-5-6-9(13-7-8)11(15)16-4/h2*8-9,13H,5-7H2,1-4H3/t2*8-,9-/m10/s1. The summed E-state index contributed by atoms with van der Waals surface area (Å²) in [5, 5.41) is 6.02. The minimum Gasteiger partial charge on any atom is -0.468 e. The van der Waals surface area contributed by atoms with E-state index in [1.807, 2.05) is 41.5 Å². The Morgan fingerprint density at radius 1 is 0.588 bits per heavy atom. The summed E-state index contributed by atoms with van der Waals surface area (Å²) in [6.07, 6.45) is 2.52. The van der Waals surface area contributed by atoms with Crippen molar-refractivity contribution in [3.05, 3.63) is 0 Å². The molecule has 196 valence electrons. The summed E-state index contributed by atoms with van der Waals surface area (Å²) >= 11 is 0. The quantitative estimate of drug-likeness (QED) is 0.448. The highest BCUT2D eigenvalue weighted by Gasteiger charge is 2.33. The van der Waals surface area contributed by atoms with Crippen LogP contribution in [0.25, 0.3) is 0 Å². The molecule has 0 unspecified atom stereocenters. The molecular formula is C24H42N2O8. The number of ether oxygens (including phenoxy) is 4. The molecule has 2 aliphatic rings. The first-order valence-corrected chi connectivity index (χ1v) is 11.7. The summed E-state index contributed by atoms with van der Waals surface area (Å²) in [5.74, 6) is -1.29. The Kier molecular flexibility index (Phi) is 11.4. The highest BCUT2D eigenvalue weighted by molar-refractivity contribution is 5.78. The van der Waals surface area contributed by atoms with Crippen molar-refractivity contribution in [2.75, 3.05) is 27.3 Å². The van der Waals surface area contributed by atoms with Gasteiger partial charge in [0.15, 0.2) is 0 Å². The Morgan fingerprint density at radius 2 is 0.912 bits per heavy atom. The van der Waals surface area contributed by atoms with Gasteiger partial charge in [0.1, 0.15) is 23.3 Å². The number of piperidine rings is 2. The number of hydrogen-bond donors (Lipinski definition) is 2. The highest BCUT2D eigenvalue weighted by Crippen LogP contribution is 2.20. The van der Waals surface area contributed by atoms with E-state index in [0.717, 1.165) is 0 Å². The van der Waals surface area contributed by atoms with Crippen LogP contribution in [0.2, 0.25) is 0 Å². The molecule has 0 radical (unpaired) electrons. The Balaban J connectivity index is 0.000000340. The smallest absolute Gasteiger partial charge is 0.322 e. The van der Waals surface area contributed by atoms with Crippen molar-refractivity contribution in [1.82, 2.24) is 10.6 Å². The van der Waals surface area contributed by atoms with Crippen LogP contribution in [0.5, 0.6) is 0 Å². The Hall–Kier alpha value is -2.20. The van der Waals surface area contributed by atoms with Crippen LogP contribution in [0.1, 0.15) is 67.2 Å². The van der Waals surface area contributed by atoms with Crippen molar-refractivity contribution in [3.63, 3.8) is 0 Å². The topological polar surface area (TPSA) is 129 Å². The van der Waals surface area contributed by atoms with Gasteiger partial charge >= 0.3 is 23.9 Å². The predicted molar refractivity (Wildman–Crippen MR) is 125 cm³/mol. The van der Waals surface area contributed by atoms with Crippen molar-refractivity contribution in [2.24, 2.45) is 11.8 Å². The van der Waals surface area contributed by atoms with E-state index >= 15 is 0 Å². The fraction of sp³-hybridized carbons (Fsp3) is 0.833. The second-order valence-electron chi connectivity index (χ2n) is 10.6. The Labute approximate surface area is 202 Å². The second-order valence-corrected chi connectivity index (χ2v) is 10.6. The SMILES string of the molecule is COC(=O)[C@@H]1CC[C@H](C(=O)OC(C)(C)C)CN1.COC(=O)[C@H]1CC[C@@H](C(=O)OC(C)(C)C)CN1. The maximum absolute atomic E-state index is 11.8. The molecule has 0 spiro atoms. The molecule has 0 saturated carbocycles. The molecular weight excluding hydrogens is 444 g/mol. The van der Waals surface area contributed by atoms with E-state index in [9.17, 15) is 19.2 Å². The van der Waals surface area contributed by atoms with Gasteiger partial charge in [0, 0.05) is 13.1 Å². The molecule has 4 atom stereocenters. The average molecular weight is 487 g/mol. The molecule has 0 aromatic carbocycles. The van der Waals surface area contributed by atoms with E-state index in [1.54, 1.807) is 0 Å². The van der Waals surface area contributed by atoms with Crippen LogP contribution in [0.3, 0.4) is 0 Å². The fourth-order valence-corrected chi connectivity index (χ4v) is 3.57. The lowest BCUT2D eigenvalue weighted by Gasteiger charge is -2.29. The van der Waals surface area contributed by atoms with Crippen LogP contribution in [-0.2, 0) is 38.1 Å². The molecule has 2 N–H and O–H groups in total. The van der Waals surface area contributed by atoms with Gasteiger partial charge in [0.2, 0.25) is 0 Å². The van der Waals surface area contributed by atoms with Crippen LogP contribution in [-0.4, -0.2) is 74.5 Å². The fourth-order valence-electron chi connectivity index (χ4n) is 3.57. The van der Waals surface area contributed by atoms with Gasteiger partial charge in [0.25, 0.3) is 0 Å². The monoisotopic (exact) mass is 486 g/mol. The molecule has 2 rings (SSSR count). The zero-order chi connectivity index (χ0) is 26.1. The lowest BCUT2D eigenvalue weighted by atomic mass is 9.94. The van der Waals surface area contributed by atoms with Gasteiger partial charge in [-0.15, -0.1) is 0 Å². The van der Waals surface area contributed by atoms with Crippen molar-refractivity contribution < 1.29 is 38.1 Å². The first-order valence-electron chi connectivity index (χ1n) is 11.7. The molecule has 0 aromatic rings. The van der Waals surface area contributed by atoms with Crippen LogP contribution in [0, 0.1) is 11.8 Å². The summed E-state index contributed by atoms with van der Waals surface area (Å²) < 4.78 is 19.9. The summed E-state index contributed by atoms with van der Waals surface area (Å²) in [7, 11) is 2.73. The average Bonchev–Trinajstić information content (AvgIpc) is 2.76. The lowest BCUT2D eigenvalue weighted by Crippen LogP contribution is -2.47. The summed E-state index contributed by atoms with van der Waals surface area (Å²) in [6, 6.07) is -0.586. The number of carbonyl (C=O) groups excluding carboxylic acids is 4. The van der Waals surface area contributed by atoms with E-state index < -0.39 is 11.2 Å². The number of nitrogens with one attached hydrogen (secondary N) is 2. The van der Waals surface area contributed by atoms with E-state index in [1.165, 1.54) is 14.2 Å². The van der Waals surface area contributed by atoms with Crippen molar-refractivity contribution in [3.8, 4) is 0 Å². The molecule has 0 amide bonds. The van der Waals surface area contributed by atoms with Gasteiger partial charge in [-0.3, -0.25) is 19.2 Å². The summed E-state index contributed by atoms with van der Waals surface area (Å²) in [6.45, 7) is 12.0. The number of carbonyl (C=O) groups is 4. The maximum atomic E-state index is 11.8. The largest absolute Gasteiger partial charge is 0.468 e. The van der Waals surface area contributed by atoms with E-state index in [4.69, 9.17) is 9.47 Å². The second kappa shape index (κ2) is 13.0. The number of esters is 4. The molecule has 2 saturated heterocycles. The molecule has 2 heterocycles. The van der Waals surface area contributed by atoms with Gasteiger partial charge < -0.3 is 29.6 Å². The molecule has 10 nitrogen and oxygen atoms in total. The molecule has 34 heavy (non-hydrogen) atoms. The molecule has 2 fully saturated rings. The number of methoxy groups -OCH3 is 2. The zero-order valence-electron chi connectivity index (χ0n) is 21.8. The third-order valence-corrected chi connectivity index (χ3v) is 5.28. The molecule has 0 aromatic heterocycles. The lowest BCUT2D eigenvalue weighted by molar-refractivity contribution is -0.162. The Morgan fingerprint density at radius 3 is 1.12 bits per heavy atom. The Bertz CT molecular complexity index is 635. The molecule has 10 heteroatoms. The summed E-state index contributed by atoms with van der Waals surface area (Å²) in [5.41, 5.74) is -0.924. The van der Waals surface area contributed by atoms with Crippen molar-refractivity contribution in [2.45, 2.75) is 90.5 Å². The van der Waals surface area contributed by atoms with E-state index in [0.29, 0.717) is 38.8 Å². The normalized spacial score (nSPS) is 25.2. The van der Waals surface area contributed by atoms with E-state index in [-0.39, 0.29) is 47.8 Å². The minimum absolute atomic E-state index is 0.171. The predicted octanol–water partition coefficient (Wildman–Crippen LogP) is 1.74. The van der Waals surface area contributed by atoms with Gasteiger partial charge in [-0.05, 0) is 67.2 Å². The number of rotatable bonds is 4. The van der Waals surface area contributed by atoms with Gasteiger partial charge in [0.05, 0.1) is 26.1 Å². The molecule has 0 bridgehead atoms. The first kappa shape index (κ1) is 29.8. The number of hydrogen-bond acceptors (Lipinski definition) is 10. The molecule has 0 aliphatic carbocycles. The molecule has 2 aliphatic heterocycles. The van der Waals surface area contributed by atoms with Crippen LogP contribution in [0.4, 0.5) is 0 Å². The van der Waals surface area contributed by atoms with Crippen LogP contribution in [0.15, 0.2) is 0 Å².